The molecule has 4 rings (SSSR count). The van der Waals surface area contributed by atoms with Crippen LogP contribution in [0.3, 0.4) is 0 Å². The van der Waals surface area contributed by atoms with Crippen molar-refractivity contribution in [2.45, 2.75) is 32.3 Å². The van der Waals surface area contributed by atoms with Crippen molar-refractivity contribution in [1.29, 1.82) is 0 Å². The summed E-state index contributed by atoms with van der Waals surface area (Å²) in [4.78, 5) is 19.1. The first-order chi connectivity index (χ1) is 12.4. The van der Waals surface area contributed by atoms with Gasteiger partial charge in [-0.15, -0.1) is 0 Å². The maximum absolute atomic E-state index is 12.3. The molecule has 1 fully saturated rings. The van der Waals surface area contributed by atoms with E-state index in [-0.39, 0.29) is 17.5 Å². The Labute approximate surface area is 157 Å². The number of rotatable bonds is 3. The second kappa shape index (κ2) is 6.40. The van der Waals surface area contributed by atoms with Gasteiger partial charge < -0.3 is 9.64 Å². The van der Waals surface area contributed by atoms with Crippen LogP contribution >= 0.6 is 11.3 Å². The van der Waals surface area contributed by atoms with E-state index in [2.05, 4.69) is 36.7 Å². The van der Waals surface area contributed by atoms with Crippen molar-refractivity contribution in [1.82, 2.24) is 4.98 Å². The van der Waals surface area contributed by atoms with E-state index in [1.54, 1.807) is 11.3 Å². The van der Waals surface area contributed by atoms with Gasteiger partial charge in [0.2, 0.25) is 0 Å². The van der Waals surface area contributed by atoms with Crippen molar-refractivity contribution in [3.8, 4) is 0 Å². The number of hydrogen-bond acceptors (Lipinski definition) is 5. The topological polar surface area (TPSA) is 42.4 Å². The van der Waals surface area contributed by atoms with Crippen molar-refractivity contribution < 1.29 is 9.53 Å². The lowest BCUT2D eigenvalue weighted by molar-refractivity contribution is 0.0234. The number of ether oxygens (including phenoxy) is 1. The molecule has 134 valence electrons. The summed E-state index contributed by atoms with van der Waals surface area (Å²) in [7, 11) is 0. The van der Waals surface area contributed by atoms with Gasteiger partial charge in [0.05, 0.1) is 28.9 Å². The van der Waals surface area contributed by atoms with Crippen LogP contribution < -0.4 is 4.90 Å². The maximum Gasteiger partial charge on any atom is 0.338 e. The number of thiazole rings is 1. The molecule has 0 N–H and O–H groups in total. The lowest BCUT2D eigenvalue weighted by atomic mass is 9.87. The molecule has 1 aromatic heterocycles. The number of anilines is 1. The van der Waals surface area contributed by atoms with Crippen LogP contribution in [0.15, 0.2) is 48.5 Å². The Balaban J connectivity index is 1.35. The van der Waals surface area contributed by atoms with Gasteiger partial charge in [0.25, 0.3) is 0 Å². The van der Waals surface area contributed by atoms with Crippen molar-refractivity contribution in [3.63, 3.8) is 0 Å². The van der Waals surface area contributed by atoms with Gasteiger partial charge in [-0.3, -0.25) is 0 Å². The number of esters is 1. The highest BCUT2D eigenvalue weighted by Crippen LogP contribution is 2.32. The van der Waals surface area contributed by atoms with E-state index in [9.17, 15) is 4.79 Å². The van der Waals surface area contributed by atoms with E-state index in [4.69, 9.17) is 4.74 Å². The Kier molecular flexibility index (Phi) is 4.19. The Morgan fingerprint density at radius 1 is 1.12 bits per heavy atom. The predicted molar refractivity (Wildman–Crippen MR) is 106 cm³/mol. The van der Waals surface area contributed by atoms with Crippen LogP contribution in [0.4, 0.5) is 5.13 Å². The van der Waals surface area contributed by atoms with E-state index in [0.29, 0.717) is 18.7 Å². The number of nitrogens with zero attached hydrogens (tertiary/aromatic N) is 2. The van der Waals surface area contributed by atoms with Gasteiger partial charge in [0, 0.05) is 0 Å². The average molecular weight is 366 g/mol. The van der Waals surface area contributed by atoms with Gasteiger partial charge in [-0.1, -0.05) is 56.4 Å². The monoisotopic (exact) mass is 366 g/mol. The van der Waals surface area contributed by atoms with Crippen LogP contribution in [0.1, 0.15) is 36.7 Å². The summed E-state index contributed by atoms with van der Waals surface area (Å²) in [6, 6.07) is 15.8. The maximum atomic E-state index is 12.3. The predicted octanol–water partition coefficient (Wildman–Crippen LogP) is 4.64. The lowest BCUT2D eigenvalue weighted by Gasteiger charge is -2.38. The first-order valence-electron chi connectivity index (χ1n) is 8.82. The van der Waals surface area contributed by atoms with E-state index in [0.717, 1.165) is 10.6 Å². The van der Waals surface area contributed by atoms with Crippen LogP contribution in [-0.2, 0) is 10.2 Å². The molecule has 0 saturated carbocycles. The fraction of sp³-hybridized carbons (Fsp3) is 0.333. The first-order valence-corrected chi connectivity index (χ1v) is 9.64. The second-order valence-electron chi connectivity index (χ2n) is 7.72. The molecule has 4 nitrogen and oxygen atoms in total. The minimum atomic E-state index is -0.251. The third-order valence-electron chi connectivity index (χ3n) is 4.66. The normalized spacial score (nSPS) is 15.1. The van der Waals surface area contributed by atoms with Gasteiger partial charge in [-0.25, -0.2) is 9.78 Å². The smallest absolute Gasteiger partial charge is 0.338 e. The molecule has 2 heterocycles. The van der Waals surface area contributed by atoms with Crippen LogP contribution in [0, 0.1) is 0 Å². The van der Waals surface area contributed by atoms with Crippen LogP contribution in [0.5, 0.6) is 0 Å². The van der Waals surface area contributed by atoms with Crippen molar-refractivity contribution in [3.05, 3.63) is 59.7 Å². The summed E-state index contributed by atoms with van der Waals surface area (Å²) in [6.45, 7) is 7.87. The fourth-order valence-corrected chi connectivity index (χ4v) is 3.97. The number of carbonyl (C=O) groups excluding carboxylic acids is 1. The first kappa shape index (κ1) is 17.0. The lowest BCUT2D eigenvalue weighted by Crippen LogP contribution is -2.53. The Hall–Kier alpha value is -2.40. The van der Waals surface area contributed by atoms with Gasteiger partial charge in [0.1, 0.15) is 6.10 Å². The minimum Gasteiger partial charge on any atom is -0.455 e. The zero-order valence-electron chi connectivity index (χ0n) is 15.2. The van der Waals surface area contributed by atoms with Gasteiger partial charge in [0.15, 0.2) is 5.13 Å². The third-order valence-corrected chi connectivity index (χ3v) is 5.76. The van der Waals surface area contributed by atoms with Crippen LogP contribution in [-0.4, -0.2) is 30.1 Å². The molecule has 26 heavy (non-hydrogen) atoms. The van der Waals surface area contributed by atoms with Crippen LogP contribution in [0.25, 0.3) is 10.2 Å². The highest BCUT2D eigenvalue weighted by Gasteiger charge is 2.32. The Bertz CT molecular complexity index is 902. The molecule has 0 radical (unpaired) electrons. The summed E-state index contributed by atoms with van der Waals surface area (Å²) in [5.74, 6) is -0.251. The SMILES string of the molecule is CC(C)(C)c1ccc(C(=O)OC2CN(c3nc4ccccc4s3)C2)cc1. The highest BCUT2D eigenvalue weighted by molar-refractivity contribution is 7.22. The third kappa shape index (κ3) is 3.31. The molecule has 3 aromatic rings. The van der Waals surface area contributed by atoms with E-state index >= 15 is 0 Å². The Morgan fingerprint density at radius 3 is 2.46 bits per heavy atom. The van der Waals surface area contributed by atoms with Gasteiger partial charge in [-0.05, 0) is 35.2 Å². The van der Waals surface area contributed by atoms with Crippen molar-refractivity contribution >= 4 is 32.7 Å². The van der Waals surface area contributed by atoms with E-state index in [1.165, 1.54) is 10.3 Å². The summed E-state index contributed by atoms with van der Waals surface area (Å²) in [5, 5.41) is 0.994. The van der Waals surface area contributed by atoms with E-state index < -0.39 is 0 Å². The largest absolute Gasteiger partial charge is 0.455 e. The molecular formula is C21H22N2O2S. The molecule has 0 bridgehead atoms. The molecular weight excluding hydrogens is 344 g/mol. The van der Waals surface area contributed by atoms with E-state index in [1.807, 2.05) is 42.5 Å². The molecule has 0 aliphatic carbocycles. The molecule has 0 atom stereocenters. The second-order valence-corrected chi connectivity index (χ2v) is 8.73. The van der Waals surface area contributed by atoms with Gasteiger partial charge in [-0.2, -0.15) is 0 Å². The van der Waals surface area contributed by atoms with Crippen LogP contribution in [0.2, 0.25) is 0 Å². The summed E-state index contributed by atoms with van der Waals surface area (Å²) in [5.41, 5.74) is 2.91. The number of carbonyl (C=O) groups is 1. The Morgan fingerprint density at radius 2 is 1.81 bits per heavy atom. The van der Waals surface area contributed by atoms with Gasteiger partial charge >= 0.3 is 5.97 Å². The zero-order valence-corrected chi connectivity index (χ0v) is 16.0. The highest BCUT2D eigenvalue weighted by atomic mass is 32.1. The fourth-order valence-electron chi connectivity index (χ4n) is 2.99. The summed E-state index contributed by atoms with van der Waals surface area (Å²) < 4.78 is 6.80. The standard InChI is InChI=1S/C21H22N2O2S/c1-21(2,3)15-10-8-14(9-11-15)19(24)25-16-12-23(13-16)20-22-17-6-4-5-7-18(17)26-20/h4-11,16H,12-13H2,1-3H3. The number of aromatic nitrogens is 1. The number of hydrogen-bond donors (Lipinski definition) is 0. The molecule has 1 aliphatic rings. The molecule has 0 spiro atoms. The molecule has 0 amide bonds. The summed E-state index contributed by atoms with van der Waals surface area (Å²) in [6.07, 6.45) is -0.0724. The molecule has 0 unspecified atom stereocenters. The molecule has 1 aliphatic heterocycles. The summed E-state index contributed by atoms with van der Waals surface area (Å²) >= 11 is 1.68. The molecule has 1 saturated heterocycles. The quantitative estimate of drug-likeness (QED) is 0.633. The van der Waals surface area contributed by atoms with Crippen molar-refractivity contribution in [2.24, 2.45) is 0 Å². The average Bonchev–Trinajstić information content (AvgIpc) is 3.00. The number of para-hydroxylation sites is 1. The zero-order chi connectivity index (χ0) is 18.3. The van der Waals surface area contributed by atoms with Crippen molar-refractivity contribution in [2.75, 3.05) is 18.0 Å². The molecule has 5 heteroatoms. The number of benzene rings is 2. The minimum absolute atomic E-state index is 0.0724. The number of fused-ring (bicyclic) bond motifs is 1. The molecule has 2 aromatic carbocycles.